The molecule has 5 rings (SSSR count). The number of esters is 1. The van der Waals surface area contributed by atoms with Gasteiger partial charge in [0.15, 0.2) is 0 Å². The Balaban J connectivity index is 1.50. The van der Waals surface area contributed by atoms with Crippen molar-refractivity contribution < 1.29 is 17.9 Å². The van der Waals surface area contributed by atoms with E-state index in [9.17, 15) is 13.2 Å². The van der Waals surface area contributed by atoms with Crippen molar-refractivity contribution in [1.82, 2.24) is 0 Å². The Hall–Kier alpha value is -3.58. The van der Waals surface area contributed by atoms with Gasteiger partial charge in [-0.3, -0.25) is 4.72 Å². The molecule has 0 bridgehead atoms. The van der Waals surface area contributed by atoms with Crippen molar-refractivity contribution in [3.8, 4) is 0 Å². The molecule has 6 nitrogen and oxygen atoms in total. The third kappa shape index (κ3) is 3.97. The van der Waals surface area contributed by atoms with Gasteiger partial charge in [-0.05, 0) is 85.7 Å². The Morgan fingerprint density at radius 2 is 1.75 bits per heavy atom. The lowest BCUT2D eigenvalue weighted by atomic mass is 9.68. The highest BCUT2D eigenvalue weighted by Gasteiger charge is 2.46. The third-order valence-corrected chi connectivity index (χ3v) is 8.97. The number of nitrogens with one attached hydrogen (secondary N) is 2. The lowest BCUT2D eigenvalue weighted by Crippen LogP contribution is -2.44. The number of methoxy groups -OCH3 is 1. The molecule has 0 spiro atoms. The van der Waals surface area contributed by atoms with Crippen LogP contribution in [0.3, 0.4) is 0 Å². The van der Waals surface area contributed by atoms with Crippen molar-refractivity contribution in [2.24, 2.45) is 5.92 Å². The summed E-state index contributed by atoms with van der Waals surface area (Å²) in [5.74, 6) is -0.0994. The van der Waals surface area contributed by atoms with Gasteiger partial charge in [0, 0.05) is 11.6 Å². The molecule has 3 atom stereocenters. The predicted molar refractivity (Wildman–Crippen MR) is 142 cm³/mol. The summed E-state index contributed by atoms with van der Waals surface area (Å²) in [5, 5.41) is 3.70. The summed E-state index contributed by atoms with van der Waals surface area (Å²) in [6.07, 6.45) is 5.22. The van der Waals surface area contributed by atoms with Crippen LogP contribution < -0.4 is 10.0 Å². The van der Waals surface area contributed by atoms with Crippen LogP contribution >= 0.6 is 0 Å². The molecule has 1 heterocycles. The van der Waals surface area contributed by atoms with Crippen LogP contribution in [0.4, 0.5) is 11.4 Å². The van der Waals surface area contributed by atoms with E-state index in [0.29, 0.717) is 11.3 Å². The molecule has 0 aromatic heterocycles. The number of hydrogen-bond donors (Lipinski definition) is 2. The maximum absolute atomic E-state index is 13.4. The van der Waals surface area contributed by atoms with Gasteiger partial charge in [0.05, 0.1) is 28.8 Å². The quantitative estimate of drug-likeness (QED) is 0.336. The molecule has 0 radical (unpaired) electrons. The molecule has 2 N–H and O–H groups in total. The van der Waals surface area contributed by atoms with Crippen LogP contribution in [-0.4, -0.2) is 21.5 Å². The molecule has 7 heteroatoms. The van der Waals surface area contributed by atoms with Gasteiger partial charge in [0.1, 0.15) is 0 Å². The zero-order chi connectivity index (χ0) is 25.7. The number of carbonyl (C=O) groups is 1. The number of anilines is 2. The van der Waals surface area contributed by atoms with Crippen molar-refractivity contribution in [3.63, 3.8) is 0 Å². The zero-order valence-corrected chi connectivity index (χ0v) is 21.6. The van der Waals surface area contributed by atoms with Gasteiger partial charge in [-0.1, -0.05) is 42.5 Å². The number of sulfonamides is 1. The molecule has 2 aliphatic rings. The van der Waals surface area contributed by atoms with Gasteiger partial charge in [0.2, 0.25) is 0 Å². The molecule has 1 aliphatic carbocycles. The SMILES string of the molecule is COC(=O)c1ccc([C@@]2(C)Nc3ccc(S(=O)(=O)Nc4c(C)cccc4C)cc3[C@@H]3C=CC[C@H]32)cc1. The Morgan fingerprint density at radius 1 is 1.06 bits per heavy atom. The Labute approximate surface area is 212 Å². The van der Waals surface area contributed by atoms with Crippen LogP contribution in [-0.2, 0) is 20.3 Å². The molecule has 186 valence electrons. The van der Waals surface area contributed by atoms with E-state index in [1.165, 1.54) is 7.11 Å². The first-order valence-corrected chi connectivity index (χ1v) is 13.5. The van der Waals surface area contributed by atoms with Gasteiger partial charge >= 0.3 is 5.97 Å². The van der Waals surface area contributed by atoms with E-state index in [1.807, 2.05) is 50.2 Å². The fourth-order valence-corrected chi connectivity index (χ4v) is 6.80. The van der Waals surface area contributed by atoms with Crippen molar-refractivity contribution >= 4 is 27.4 Å². The number of ether oxygens (including phenoxy) is 1. The van der Waals surface area contributed by atoms with Crippen LogP contribution in [0.2, 0.25) is 0 Å². The summed E-state index contributed by atoms with van der Waals surface area (Å²) < 4.78 is 34.3. The monoisotopic (exact) mass is 502 g/mol. The summed E-state index contributed by atoms with van der Waals surface area (Å²) in [6.45, 7) is 5.96. The molecule has 0 unspecified atom stereocenters. The lowest BCUT2D eigenvalue weighted by Gasteiger charge is -2.46. The van der Waals surface area contributed by atoms with Crippen LogP contribution in [0, 0.1) is 19.8 Å². The molecule has 3 aromatic carbocycles. The predicted octanol–water partition coefficient (Wildman–Crippen LogP) is 5.89. The van der Waals surface area contributed by atoms with Crippen molar-refractivity contribution in [2.45, 2.75) is 43.5 Å². The molecular formula is C29H30N2O4S. The number of aryl methyl sites for hydroxylation is 2. The molecule has 1 aliphatic heterocycles. The maximum atomic E-state index is 13.4. The number of rotatable bonds is 5. The van der Waals surface area contributed by atoms with E-state index in [-0.39, 0.29) is 22.7 Å². The van der Waals surface area contributed by atoms with Gasteiger partial charge < -0.3 is 10.1 Å². The van der Waals surface area contributed by atoms with E-state index < -0.39 is 15.6 Å². The highest BCUT2D eigenvalue weighted by Crippen LogP contribution is 2.53. The van der Waals surface area contributed by atoms with Crippen LogP contribution in [0.25, 0.3) is 0 Å². The molecule has 0 saturated heterocycles. The Morgan fingerprint density at radius 3 is 2.42 bits per heavy atom. The highest BCUT2D eigenvalue weighted by molar-refractivity contribution is 7.92. The largest absolute Gasteiger partial charge is 0.465 e. The maximum Gasteiger partial charge on any atom is 0.337 e. The zero-order valence-electron chi connectivity index (χ0n) is 20.8. The highest BCUT2D eigenvalue weighted by atomic mass is 32.2. The molecule has 0 saturated carbocycles. The van der Waals surface area contributed by atoms with E-state index in [0.717, 1.165) is 34.4 Å². The van der Waals surface area contributed by atoms with Gasteiger partial charge in [-0.25, -0.2) is 13.2 Å². The van der Waals surface area contributed by atoms with Gasteiger partial charge in [-0.15, -0.1) is 0 Å². The minimum Gasteiger partial charge on any atom is -0.465 e. The summed E-state index contributed by atoms with van der Waals surface area (Å²) >= 11 is 0. The minimum atomic E-state index is -3.76. The summed E-state index contributed by atoms with van der Waals surface area (Å²) in [5.41, 5.74) is 5.44. The van der Waals surface area contributed by atoms with Crippen molar-refractivity contribution in [1.29, 1.82) is 0 Å². The Bertz CT molecular complexity index is 1460. The van der Waals surface area contributed by atoms with E-state index in [1.54, 1.807) is 24.3 Å². The molecule has 3 aromatic rings. The average Bonchev–Trinajstić information content (AvgIpc) is 3.37. The molecule has 36 heavy (non-hydrogen) atoms. The second-order valence-corrected chi connectivity index (χ2v) is 11.5. The number of carbonyl (C=O) groups excluding carboxylic acids is 1. The van der Waals surface area contributed by atoms with E-state index in [4.69, 9.17) is 4.74 Å². The molecule has 0 amide bonds. The fourth-order valence-electron chi connectivity index (χ4n) is 5.56. The first kappa shape index (κ1) is 24.1. The smallest absolute Gasteiger partial charge is 0.337 e. The average molecular weight is 503 g/mol. The number of para-hydroxylation sites is 1. The van der Waals surface area contributed by atoms with Crippen molar-refractivity contribution in [3.05, 3.63) is 101 Å². The normalized spacial score (nSPS) is 22.3. The molecular weight excluding hydrogens is 472 g/mol. The van der Waals surface area contributed by atoms with Gasteiger partial charge in [-0.2, -0.15) is 0 Å². The molecule has 0 fully saturated rings. The summed E-state index contributed by atoms with van der Waals surface area (Å²) in [7, 11) is -2.39. The number of allylic oxidation sites excluding steroid dienone is 2. The topological polar surface area (TPSA) is 84.5 Å². The standard InChI is InChI=1S/C29H30N2O4S/c1-18-7-5-8-19(2)27(18)31-36(33,34)22-15-16-26-24(17-22)23-9-6-10-25(23)29(3,30-26)21-13-11-20(12-14-21)28(32)35-4/h5-9,11-17,23,25,30-31H,10H2,1-4H3/t23-,25+,29+/m0/s1. The van der Waals surface area contributed by atoms with Crippen molar-refractivity contribution in [2.75, 3.05) is 17.1 Å². The third-order valence-electron chi connectivity index (χ3n) is 7.62. The van der Waals surface area contributed by atoms with Crippen LogP contribution in [0.5, 0.6) is 0 Å². The number of benzene rings is 3. The lowest BCUT2D eigenvalue weighted by molar-refractivity contribution is 0.0600. The second-order valence-electron chi connectivity index (χ2n) is 9.81. The number of hydrogen-bond acceptors (Lipinski definition) is 5. The van der Waals surface area contributed by atoms with E-state index >= 15 is 0 Å². The van der Waals surface area contributed by atoms with Crippen LogP contribution in [0.15, 0.2) is 77.7 Å². The first-order chi connectivity index (χ1) is 17.1. The van der Waals surface area contributed by atoms with E-state index in [2.05, 4.69) is 29.1 Å². The summed E-state index contributed by atoms with van der Waals surface area (Å²) in [6, 6.07) is 18.5. The summed E-state index contributed by atoms with van der Waals surface area (Å²) in [4.78, 5) is 12.1. The first-order valence-electron chi connectivity index (χ1n) is 12.0. The fraction of sp³-hybridized carbons (Fsp3) is 0.276. The number of fused-ring (bicyclic) bond motifs is 3. The second kappa shape index (κ2) is 8.82. The Kier molecular flexibility index (Phi) is 5.91. The minimum absolute atomic E-state index is 0.0712. The van der Waals surface area contributed by atoms with Crippen LogP contribution in [0.1, 0.15) is 51.9 Å². The van der Waals surface area contributed by atoms with Gasteiger partial charge in [0.25, 0.3) is 10.0 Å².